The Morgan fingerprint density at radius 1 is 1.02 bits per heavy atom. The number of ether oxygens (including phenoxy) is 2. The van der Waals surface area contributed by atoms with Crippen LogP contribution in [0.25, 0.3) is 32.8 Å². The molecule has 0 aliphatic heterocycles. The van der Waals surface area contributed by atoms with E-state index in [0.717, 1.165) is 38.5 Å². The maximum atomic E-state index is 12.3. The summed E-state index contributed by atoms with van der Waals surface area (Å²) in [6.07, 6.45) is 2.52. The molecule has 0 bridgehead atoms. The van der Waals surface area contributed by atoms with Gasteiger partial charge in [-0.25, -0.2) is 9.78 Å². The first-order chi connectivity index (χ1) is 21.0. The fourth-order valence-corrected chi connectivity index (χ4v) is 5.63. The van der Waals surface area contributed by atoms with E-state index in [0.29, 0.717) is 30.0 Å². The summed E-state index contributed by atoms with van der Waals surface area (Å²) in [6.45, 7) is 5.70. The topological polar surface area (TPSA) is 142 Å². The van der Waals surface area contributed by atoms with Crippen LogP contribution in [0.2, 0.25) is 0 Å². The average Bonchev–Trinajstić information content (AvgIpc) is 3.30. The number of para-hydroxylation sites is 1. The first-order valence-electron chi connectivity index (χ1n) is 14.6. The smallest absolute Gasteiger partial charge is 0.407 e. The molecule has 0 saturated heterocycles. The number of nitrogens with two attached hydrogens (primary N) is 1. The lowest BCUT2D eigenvalue weighted by atomic mass is 9.87. The number of anilines is 1. The van der Waals surface area contributed by atoms with Crippen LogP contribution in [0.1, 0.15) is 50.9 Å². The number of nitrogens with zero attached hydrogens (tertiary/aromatic N) is 3. The molecule has 1 amide bonds. The third-order valence-electron chi connectivity index (χ3n) is 7.79. The number of benzene rings is 3. The molecule has 3 aromatic carbocycles. The molecule has 0 atom stereocenters. The maximum Gasteiger partial charge on any atom is 0.407 e. The summed E-state index contributed by atoms with van der Waals surface area (Å²) in [5.74, 6) is 0.0693. The number of rotatable bonds is 8. The van der Waals surface area contributed by atoms with E-state index in [9.17, 15) is 14.7 Å². The van der Waals surface area contributed by atoms with Crippen LogP contribution in [-0.2, 0) is 22.6 Å². The van der Waals surface area contributed by atoms with Crippen molar-refractivity contribution in [1.82, 2.24) is 20.1 Å². The minimum atomic E-state index is -0.926. The Morgan fingerprint density at radius 2 is 1.75 bits per heavy atom. The average molecular weight is 594 g/mol. The van der Waals surface area contributed by atoms with E-state index in [4.69, 9.17) is 20.3 Å². The number of nitrogen functional groups attached to an aromatic ring is 1. The van der Waals surface area contributed by atoms with E-state index in [1.165, 1.54) is 0 Å². The number of pyridine rings is 1. The van der Waals surface area contributed by atoms with Gasteiger partial charge in [-0.1, -0.05) is 36.4 Å². The van der Waals surface area contributed by atoms with E-state index < -0.39 is 17.7 Å². The standard InChI is InChI=1S/C34H35N5O5/c1-34(2,3)44-33(42)37-24-17-25(18-24)39-29(19-43-30-7-5-4-6-23(30)16-31(40)41)27-15-22(10-11-28(27)38-39)21-9-8-20-12-13-36-32(35)26(20)14-21/h4-15,24-25H,16-19H2,1-3H3,(H2,35,36)(H,37,42)(H,40,41). The van der Waals surface area contributed by atoms with Gasteiger partial charge < -0.3 is 25.6 Å². The van der Waals surface area contributed by atoms with Crippen LogP contribution in [0.5, 0.6) is 5.75 Å². The third kappa shape index (κ3) is 6.15. The number of carbonyl (C=O) groups excluding carboxylic acids is 1. The molecule has 6 rings (SSSR count). The van der Waals surface area contributed by atoms with Crippen molar-refractivity contribution in [2.45, 2.75) is 64.3 Å². The van der Waals surface area contributed by atoms with Crippen LogP contribution in [0, 0.1) is 0 Å². The summed E-state index contributed by atoms with van der Waals surface area (Å²) in [4.78, 5) is 28.0. The molecule has 1 fully saturated rings. The van der Waals surface area contributed by atoms with Crippen molar-refractivity contribution in [3.8, 4) is 16.9 Å². The predicted molar refractivity (Wildman–Crippen MR) is 168 cm³/mol. The highest BCUT2D eigenvalue weighted by Crippen LogP contribution is 2.37. The number of carboxylic acid groups (broad SMARTS) is 1. The van der Waals surface area contributed by atoms with Gasteiger partial charge in [-0.05, 0) is 80.5 Å². The van der Waals surface area contributed by atoms with Crippen molar-refractivity contribution < 1.29 is 24.2 Å². The number of aromatic nitrogens is 3. The number of carboxylic acids is 1. The zero-order valence-electron chi connectivity index (χ0n) is 24.9. The van der Waals surface area contributed by atoms with Crippen LogP contribution in [0.3, 0.4) is 0 Å². The molecule has 2 heterocycles. The second-order valence-electron chi connectivity index (χ2n) is 12.2. The summed E-state index contributed by atoms with van der Waals surface area (Å²) >= 11 is 0. The second kappa shape index (κ2) is 11.5. The number of aliphatic carboxylic acids is 1. The van der Waals surface area contributed by atoms with Crippen LogP contribution < -0.4 is 15.8 Å². The van der Waals surface area contributed by atoms with Crippen molar-refractivity contribution in [3.63, 3.8) is 0 Å². The maximum absolute atomic E-state index is 12.3. The van der Waals surface area contributed by atoms with Gasteiger partial charge in [-0.15, -0.1) is 0 Å². The molecule has 1 aliphatic carbocycles. The molecule has 1 saturated carbocycles. The zero-order chi connectivity index (χ0) is 31.0. The zero-order valence-corrected chi connectivity index (χ0v) is 24.9. The summed E-state index contributed by atoms with van der Waals surface area (Å²) < 4.78 is 13.7. The molecule has 5 aromatic rings. The van der Waals surface area contributed by atoms with E-state index in [1.54, 1.807) is 24.4 Å². The van der Waals surface area contributed by atoms with Gasteiger partial charge in [-0.2, -0.15) is 5.10 Å². The van der Waals surface area contributed by atoms with E-state index in [2.05, 4.69) is 22.4 Å². The van der Waals surface area contributed by atoms with Gasteiger partial charge in [0.1, 0.15) is 23.8 Å². The van der Waals surface area contributed by atoms with Crippen LogP contribution >= 0.6 is 0 Å². The largest absolute Gasteiger partial charge is 0.487 e. The lowest BCUT2D eigenvalue weighted by Crippen LogP contribution is -2.47. The Balaban J connectivity index is 1.33. The molecular formula is C34H35N5O5. The Morgan fingerprint density at radius 3 is 2.50 bits per heavy atom. The van der Waals surface area contributed by atoms with Gasteiger partial charge in [0.05, 0.1) is 23.7 Å². The van der Waals surface area contributed by atoms with Crippen molar-refractivity contribution in [3.05, 3.63) is 84.2 Å². The minimum absolute atomic E-state index is 0.0283. The Kier molecular flexibility index (Phi) is 7.59. The highest BCUT2D eigenvalue weighted by molar-refractivity contribution is 5.95. The Bertz CT molecular complexity index is 1870. The number of hydrogen-bond donors (Lipinski definition) is 3. The first kappa shape index (κ1) is 29.0. The van der Waals surface area contributed by atoms with Gasteiger partial charge in [0, 0.05) is 28.6 Å². The quantitative estimate of drug-likeness (QED) is 0.191. The molecule has 44 heavy (non-hydrogen) atoms. The van der Waals surface area contributed by atoms with Gasteiger partial charge in [0.15, 0.2) is 0 Å². The lowest BCUT2D eigenvalue weighted by molar-refractivity contribution is -0.136. The van der Waals surface area contributed by atoms with Gasteiger partial charge >= 0.3 is 12.1 Å². The van der Waals surface area contributed by atoms with Crippen LogP contribution in [0.15, 0.2) is 72.9 Å². The Labute approximate surface area is 254 Å². The molecule has 0 unspecified atom stereocenters. The van der Waals surface area contributed by atoms with E-state index >= 15 is 0 Å². The summed E-state index contributed by atoms with van der Waals surface area (Å²) in [5, 5.41) is 20.1. The van der Waals surface area contributed by atoms with Crippen molar-refractivity contribution in [2.75, 3.05) is 5.73 Å². The first-order valence-corrected chi connectivity index (χ1v) is 14.6. The fraction of sp³-hybridized carbons (Fsp3) is 0.294. The van der Waals surface area contributed by atoms with Crippen LogP contribution in [-0.4, -0.2) is 43.6 Å². The third-order valence-corrected chi connectivity index (χ3v) is 7.79. The minimum Gasteiger partial charge on any atom is -0.487 e. The normalized spacial score (nSPS) is 16.4. The van der Waals surface area contributed by atoms with Crippen molar-refractivity contribution in [2.24, 2.45) is 0 Å². The van der Waals surface area contributed by atoms with E-state index in [-0.39, 0.29) is 25.1 Å². The molecule has 1 aliphatic rings. The number of alkyl carbamates (subject to hydrolysis) is 1. The second-order valence-corrected chi connectivity index (χ2v) is 12.2. The molecule has 10 heteroatoms. The fourth-order valence-electron chi connectivity index (χ4n) is 5.63. The highest BCUT2D eigenvalue weighted by atomic mass is 16.6. The molecule has 0 radical (unpaired) electrons. The summed E-state index contributed by atoms with van der Waals surface area (Å²) in [6, 6.07) is 21.4. The van der Waals surface area contributed by atoms with Crippen molar-refractivity contribution in [1.29, 1.82) is 0 Å². The van der Waals surface area contributed by atoms with Gasteiger partial charge in [-0.3, -0.25) is 9.48 Å². The Hall–Kier alpha value is -5.12. The number of nitrogens with one attached hydrogen (secondary N) is 1. The summed E-state index contributed by atoms with van der Waals surface area (Å²) in [7, 11) is 0. The molecule has 226 valence electrons. The molecule has 10 nitrogen and oxygen atoms in total. The lowest BCUT2D eigenvalue weighted by Gasteiger charge is -2.37. The number of fused-ring (bicyclic) bond motifs is 2. The molecule has 4 N–H and O–H groups in total. The SMILES string of the molecule is CC(C)(C)OC(=O)NC1CC(n2nc3ccc(-c4ccc5ccnc(N)c5c4)cc3c2COc2ccccc2CC(=O)O)C1. The monoisotopic (exact) mass is 593 g/mol. The number of hydrogen-bond acceptors (Lipinski definition) is 7. The van der Waals surface area contributed by atoms with E-state index in [1.807, 2.05) is 61.9 Å². The van der Waals surface area contributed by atoms with Crippen LogP contribution in [0.4, 0.5) is 10.6 Å². The molecule has 0 spiro atoms. The predicted octanol–water partition coefficient (Wildman–Crippen LogP) is 6.27. The molecular weight excluding hydrogens is 558 g/mol. The van der Waals surface area contributed by atoms with Gasteiger partial charge in [0.2, 0.25) is 0 Å². The van der Waals surface area contributed by atoms with Gasteiger partial charge in [0.25, 0.3) is 0 Å². The summed E-state index contributed by atoms with van der Waals surface area (Å²) in [5.41, 5.74) is 9.88. The number of amides is 1. The highest BCUT2D eigenvalue weighted by Gasteiger charge is 2.35. The molecule has 2 aromatic heterocycles. The van der Waals surface area contributed by atoms with Crippen molar-refractivity contribution >= 4 is 39.6 Å². The number of carbonyl (C=O) groups is 2.